The number of benzene rings is 1. The van der Waals surface area contributed by atoms with Crippen molar-refractivity contribution in [2.24, 2.45) is 5.92 Å². The summed E-state index contributed by atoms with van der Waals surface area (Å²) in [6, 6.07) is 5.63. The zero-order chi connectivity index (χ0) is 15.0. The van der Waals surface area contributed by atoms with E-state index in [0.717, 1.165) is 18.0 Å². The van der Waals surface area contributed by atoms with Gasteiger partial charge in [-0.05, 0) is 68.8 Å². The molecule has 0 bridgehead atoms. The van der Waals surface area contributed by atoms with Crippen molar-refractivity contribution in [1.82, 2.24) is 14.9 Å². The third-order valence-electron chi connectivity index (χ3n) is 5.09. The van der Waals surface area contributed by atoms with Gasteiger partial charge < -0.3 is 9.88 Å². The summed E-state index contributed by atoms with van der Waals surface area (Å²) in [5.41, 5.74) is 5.10. The minimum atomic E-state index is 0.529. The molecule has 0 spiro atoms. The number of likely N-dealkylation sites (N-methyl/N-ethyl adjacent to an activating group) is 1. The van der Waals surface area contributed by atoms with Gasteiger partial charge in [-0.25, -0.2) is 4.98 Å². The standard InChI is InChI=1S/C18H27N3/c1-5-19-15-7-6-12(2)8-17(15)21-11-20-16-9-13(3)14(4)10-18(16)21/h9-12,15,17,19H,5-8H2,1-4H3. The number of imidazole rings is 1. The van der Waals surface area contributed by atoms with Crippen LogP contribution in [0.2, 0.25) is 0 Å². The number of nitrogens with zero attached hydrogens (tertiary/aromatic N) is 2. The van der Waals surface area contributed by atoms with Gasteiger partial charge in [-0.15, -0.1) is 0 Å². The molecular weight excluding hydrogens is 258 g/mol. The van der Waals surface area contributed by atoms with Gasteiger partial charge in [0.1, 0.15) is 0 Å². The fourth-order valence-electron chi connectivity index (χ4n) is 3.71. The molecule has 114 valence electrons. The van der Waals surface area contributed by atoms with Crippen molar-refractivity contribution in [2.45, 2.75) is 59.0 Å². The Kier molecular flexibility index (Phi) is 4.03. The van der Waals surface area contributed by atoms with E-state index in [1.807, 2.05) is 0 Å². The van der Waals surface area contributed by atoms with Gasteiger partial charge in [0, 0.05) is 6.04 Å². The minimum absolute atomic E-state index is 0.529. The molecule has 1 heterocycles. The minimum Gasteiger partial charge on any atom is -0.326 e. The van der Waals surface area contributed by atoms with Crippen molar-refractivity contribution in [3.8, 4) is 0 Å². The van der Waals surface area contributed by atoms with Crippen LogP contribution in [0.1, 0.15) is 50.3 Å². The van der Waals surface area contributed by atoms with Crippen molar-refractivity contribution in [3.05, 3.63) is 29.6 Å². The Hall–Kier alpha value is -1.35. The third kappa shape index (κ3) is 2.71. The highest BCUT2D eigenvalue weighted by molar-refractivity contribution is 5.77. The molecule has 21 heavy (non-hydrogen) atoms. The van der Waals surface area contributed by atoms with Crippen LogP contribution in [0, 0.1) is 19.8 Å². The molecule has 0 amide bonds. The van der Waals surface area contributed by atoms with Crippen LogP contribution in [0.25, 0.3) is 11.0 Å². The first kappa shape index (κ1) is 14.6. The maximum absolute atomic E-state index is 4.65. The summed E-state index contributed by atoms with van der Waals surface area (Å²) >= 11 is 0. The number of hydrogen-bond donors (Lipinski definition) is 1. The number of aryl methyl sites for hydroxylation is 2. The molecule has 3 nitrogen and oxygen atoms in total. The molecule has 0 saturated heterocycles. The van der Waals surface area contributed by atoms with Crippen molar-refractivity contribution >= 4 is 11.0 Å². The highest BCUT2D eigenvalue weighted by Crippen LogP contribution is 2.35. The van der Waals surface area contributed by atoms with E-state index < -0.39 is 0 Å². The van der Waals surface area contributed by atoms with E-state index in [4.69, 9.17) is 0 Å². The molecular formula is C18H27N3. The van der Waals surface area contributed by atoms with E-state index in [1.165, 1.54) is 35.9 Å². The van der Waals surface area contributed by atoms with Crippen molar-refractivity contribution in [3.63, 3.8) is 0 Å². The summed E-state index contributed by atoms with van der Waals surface area (Å²) in [5, 5.41) is 3.69. The van der Waals surface area contributed by atoms with Crippen molar-refractivity contribution in [1.29, 1.82) is 0 Å². The van der Waals surface area contributed by atoms with E-state index in [0.29, 0.717) is 12.1 Å². The van der Waals surface area contributed by atoms with Crippen LogP contribution in [-0.2, 0) is 0 Å². The second kappa shape index (κ2) is 5.80. The van der Waals surface area contributed by atoms with Crippen LogP contribution < -0.4 is 5.32 Å². The lowest BCUT2D eigenvalue weighted by atomic mass is 9.83. The smallest absolute Gasteiger partial charge is 0.0961 e. The molecule has 1 saturated carbocycles. The first-order chi connectivity index (χ1) is 10.1. The molecule has 3 atom stereocenters. The first-order valence-corrected chi connectivity index (χ1v) is 8.27. The zero-order valence-electron chi connectivity index (χ0n) is 13.7. The van der Waals surface area contributed by atoms with E-state index >= 15 is 0 Å². The molecule has 2 aromatic rings. The average Bonchev–Trinajstić information content (AvgIpc) is 2.84. The highest BCUT2D eigenvalue weighted by Gasteiger charge is 2.30. The van der Waals surface area contributed by atoms with E-state index in [9.17, 15) is 0 Å². The van der Waals surface area contributed by atoms with Gasteiger partial charge in [0.25, 0.3) is 0 Å². The molecule has 3 heteroatoms. The normalized spacial score (nSPS) is 26.4. The Morgan fingerprint density at radius 1 is 1.24 bits per heavy atom. The third-order valence-corrected chi connectivity index (χ3v) is 5.09. The van der Waals surface area contributed by atoms with Gasteiger partial charge in [-0.2, -0.15) is 0 Å². The Morgan fingerprint density at radius 3 is 2.76 bits per heavy atom. The first-order valence-electron chi connectivity index (χ1n) is 8.27. The Labute approximate surface area is 127 Å². The second-order valence-electron chi connectivity index (χ2n) is 6.73. The number of aromatic nitrogens is 2. The van der Waals surface area contributed by atoms with E-state index in [1.54, 1.807) is 0 Å². The van der Waals surface area contributed by atoms with E-state index in [-0.39, 0.29) is 0 Å². The van der Waals surface area contributed by atoms with Crippen molar-refractivity contribution < 1.29 is 0 Å². The van der Waals surface area contributed by atoms with Gasteiger partial charge in [-0.3, -0.25) is 0 Å². The summed E-state index contributed by atoms with van der Waals surface area (Å²) in [6.07, 6.45) is 5.90. The van der Waals surface area contributed by atoms with Crippen LogP contribution in [0.3, 0.4) is 0 Å². The average molecular weight is 285 g/mol. The van der Waals surface area contributed by atoms with Gasteiger partial charge in [0.05, 0.1) is 23.4 Å². The molecule has 1 aromatic carbocycles. The maximum atomic E-state index is 4.65. The molecule has 1 aliphatic rings. The fraction of sp³-hybridized carbons (Fsp3) is 0.611. The largest absolute Gasteiger partial charge is 0.326 e. The molecule has 1 fully saturated rings. The summed E-state index contributed by atoms with van der Waals surface area (Å²) in [5.74, 6) is 0.800. The molecule has 1 aromatic heterocycles. The van der Waals surface area contributed by atoms with Gasteiger partial charge in [-0.1, -0.05) is 13.8 Å². The predicted octanol–water partition coefficient (Wildman–Crippen LogP) is 3.99. The SMILES string of the molecule is CCNC1CCC(C)CC1n1cnc2cc(C)c(C)cc21. The predicted molar refractivity (Wildman–Crippen MR) is 88.7 cm³/mol. The van der Waals surface area contributed by atoms with Crippen LogP contribution >= 0.6 is 0 Å². The van der Waals surface area contributed by atoms with Crippen LogP contribution in [0.15, 0.2) is 18.5 Å². The Bertz CT molecular complexity index is 629. The summed E-state index contributed by atoms with van der Waals surface area (Å²) in [7, 11) is 0. The number of rotatable bonds is 3. The quantitative estimate of drug-likeness (QED) is 0.924. The van der Waals surface area contributed by atoms with Gasteiger partial charge in [0.15, 0.2) is 0 Å². The molecule has 1 aliphatic carbocycles. The van der Waals surface area contributed by atoms with E-state index in [2.05, 4.69) is 61.0 Å². The number of nitrogens with one attached hydrogen (secondary N) is 1. The lowest BCUT2D eigenvalue weighted by Crippen LogP contribution is -2.41. The fourth-order valence-corrected chi connectivity index (χ4v) is 3.71. The van der Waals surface area contributed by atoms with Gasteiger partial charge >= 0.3 is 0 Å². The van der Waals surface area contributed by atoms with Crippen molar-refractivity contribution in [2.75, 3.05) is 6.54 Å². The number of fused-ring (bicyclic) bond motifs is 1. The van der Waals surface area contributed by atoms with Crippen LogP contribution in [0.4, 0.5) is 0 Å². The molecule has 0 aliphatic heterocycles. The van der Waals surface area contributed by atoms with Gasteiger partial charge in [0.2, 0.25) is 0 Å². The molecule has 1 N–H and O–H groups in total. The van der Waals surface area contributed by atoms with Crippen LogP contribution in [0.5, 0.6) is 0 Å². The molecule has 0 radical (unpaired) electrons. The summed E-state index contributed by atoms with van der Waals surface area (Å²) < 4.78 is 2.42. The summed E-state index contributed by atoms with van der Waals surface area (Å²) in [6.45, 7) is 9.98. The molecule has 3 unspecified atom stereocenters. The maximum Gasteiger partial charge on any atom is 0.0961 e. The monoisotopic (exact) mass is 285 g/mol. The summed E-state index contributed by atoms with van der Waals surface area (Å²) in [4.78, 5) is 4.65. The second-order valence-corrected chi connectivity index (χ2v) is 6.73. The Balaban J connectivity index is 2.02. The lowest BCUT2D eigenvalue weighted by molar-refractivity contribution is 0.221. The topological polar surface area (TPSA) is 29.9 Å². The number of hydrogen-bond acceptors (Lipinski definition) is 2. The van der Waals surface area contributed by atoms with Crippen LogP contribution in [-0.4, -0.2) is 22.1 Å². The highest BCUT2D eigenvalue weighted by atomic mass is 15.1. The molecule has 3 rings (SSSR count). The zero-order valence-corrected chi connectivity index (χ0v) is 13.7. The lowest BCUT2D eigenvalue weighted by Gasteiger charge is -2.36. The Morgan fingerprint density at radius 2 is 2.00 bits per heavy atom.